The summed E-state index contributed by atoms with van der Waals surface area (Å²) in [6.45, 7) is 0.676. The van der Waals surface area contributed by atoms with Crippen LogP contribution in [0.2, 0.25) is 0 Å². The van der Waals surface area contributed by atoms with Gasteiger partial charge in [0.25, 0.3) is 0 Å². The third-order valence-corrected chi connectivity index (χ3v) is 5.09. The van der Waals surface area contributed by atoms with Gasteiger partial charge in [-0.2, -0.15) is 0 Å². The molecule has 0 spiro atoms. The summed E-state index contributed by atoms with van der Waals surface area (Å²) in [5, 5.41) is 11.0. The van der Waals surface area contributed by atoms with Gasteiger partial charge in [0.1, 0.15) is 11.6 Å². The Balaban J connectivity index is 1.51. The lowest BCUT2D eigenvalue weighted by molar-refractivity contribution is -0.274. The van der Waals surface area contributed by atoms with Crippen LogP contribution in [0, 0.1) is 11.6 Å². The van der Waals surface area contributed by atoms with E-state index in [2.05, 4.69) is 14.7 Å². The largest absolute Gasteiger partial charge is 0.573 e. The molecule has 1 N–H and O–H groups in total. The van der Waals surface area contributed by atoms with Gasteiger partial charge in [-0.05, 0) is 30.5 Å². The van der Waals surface area contributed by atoms with Gasteiger partial charge in [-0.15, -0.1) is 13.2 Å². The van der Waals surface area contributed by atoms with Crippen LogP contribution in [0.1, 0.15) is 18.4 Å². The second-order valence-electron chi connectivity index (χ2n) is 7.08. The first-order chi connectivity index (χ1) is 14.1. The number of ether oxygens (including phenoxy) is 1. The second-order valence-corrected chi connectivity index (χ2v) is 7.08. The molecule has 1 saturated heterocycles. The molecular weight excluding hydrogens is 409 g/mol. The highest BCUT2D eigenvalue weighted by molar-refractivity contribution is 5.75. The lowest BCUT2D eigenvalue weighted by atomic mass is 9.84. The number of hydrogen-bond acceptors (Lipinski definition) is 5. The van der Waals surface area contributed by atoms with Crippen LogP contribution in [-0.2, 0) is 5.60 Å². The summed E-state index contributed by atoms with van der Waals surface area (Å²) < 4.78 is 68.1. The average Bonchev–Trinajstić information content (AvgIpc) is 2.68. The molecule has 10 heteroatoms. The summed E-state index contributed by atoms with van der Waals surface area (Å²) in [4.78, 5) is 10.2. The predicted octanol–water partition coefficient (Wildman–Crippen LogP) is 4.29. The molecule has 158 valence electrons. The van der Waals surface area contributed by atoms with Gasteiger partial charge in [-0.3, -0.25) is 4.98 Å². The van der Waals surface area contributed by atoms with Crippen LogP contribution < -0.4 is 9.64 Å². The number of hydrogen-bond donors (Lipinski definition) is 1. The molecule has 4 rings (SSSR count). The predicted molar refractivity (Wildman–Crippen MR) is 97.9 cm³/mol. The highest BCUT2D eigenvalue weighted by atomic mass is 19.4. The average molecular weight is 425 g/mol. The summed E-state index contributed by atoms with van der Waals surface area (Å²) in [7, 11) is 0. The molecule has 0 amide bonds. The van der Waals surface area contributed by atoms with Gasteiger partial charge in [-0.1, -0.05) is 12.1 Å². The molecule has 2 aromatic carbocycles. The van der Waals surface area contributed by atoms with Crippen LogP contribution in [0.4, 0.5) is 27.8 Å². The molecule has 0 atom stereocenters. The van der Waals surface area contributed by atoms with Gasteiger partial charge >= 0.3 is 6.36 Å². The van der Waals surface area contributed by atoms with Crippen LogP contribution in [0.15, 0.2) is 42.6 Å². The zero-order valence-electron chi connectivity index (χ0n) is 15.5. The van der Waals surface area contributed by atoms with Crippen LogP contribution >= 0.6 is 0 Å². The molecule has 30 heavy (non-hydrogen) atoms. The van der Waals surface area contributed by atoms with E-state index in [1.54, 1.807) is 6.07 Å². The van der Waals surface area contributed by atoms with Gasteiger partial charge < -0.3 is 14.7 Å². The SMILES string of the molecule is OC1(c2cccc(OC(F)(F)F)c2)CCN(c2cnc3cc(F)c(F)cc3n2)CC1. The smallest absolute Gasteiger partial charge is 0.406 e. The van der Waals surface area contributed by atoms with E-state index in [1.807, 2.05) is 4.90 Å². The lowest BCUT2D eigenvalue weighted by Crippen LogP contribution is -2.43. The van der Waals surface area contributed by atoms with Crippen molar-refractivity contribution in [3.63, 3.8) is 0 Å². The first-order valence-corrected chi connectivity index (χ1v) is 9.08. The third kappa shape index (κ3) is 4.13. The third-order valence-electron chi connectivity index (χ3n) is 5.09. The molecule has 3 aromatic rings. The Labute approximate surface area is 167 Å². The Hall–Kier alpha value is -3.01. The Morgan fingerprint density at radius 3 is 2.33 bits per heavy atom. The van der Waals surface area contributed by atoms with E-state index in [1.165, 1.54) is 24.4 Å². The molecular formula is C20H16F5N3O2. The molecule has 0 radical (unpaired) electrons. The molecule has 5 nitrogen and oxygen atoms in total. The first-order valence-electron chi connectivity index (χ1n) is 9.08. The quantitative estimate of drug-likeness (QED) is 0.635. The molecule has 0 aliphatic carbocycles. The molecule has 1 aliphatic heterocycles. The number of nitrogens with zero attached hydrogens (tertiary/aromatic N) is 3. The van der Waals surface area contributed by atoms with Crippen molar-refractivity contribution < 1.29 is 31.8 Å². The number of benzene rings is 2. The van der Waals surface area contributed by atoms with Crippen molar-refractivity contribution in [2.45, 2.75) is 24.8 Å². The number of alkyl halides is 3. The topological polar surface area (TPSA) is 58.5 Å². The van der Waals surface area contributed by atoms with Crippen LogP contribution in [0.3, 0.4) is 0 Å². The Morgan fingerprint density at radius 2 is 1.67 bits per heavy atom. The molecule has 1 aromatic heterocycles. The van der Waals surface area contributed by atoms with Crippen LogP contribution in [-0.4, -0.2) is 34.5 Å². The number of aromatic nitrogens is 2. The molecule has 2 heterocycles. The number of piperidine rings is 1. The standard InChI is InChI=1S/C20H16F5N3O2/c21-14-9-16-17(10-15(14)22)27-18(11-26-16)28-6-4-19(29,5-7-28)12-2-1-3-13(8-12)30-20(23,24)25/h1-3,8-11,29H,4-7H2. The number of halogens is 5. The molecule has 0 bridgehead atoms. The Kier molecular flexibility index (Phi) is 4.97. The van der Waals surface area contributed by atoms with Crippen LogP contribution in [0.5, 0.6) is 5.75 Å². The molecule has 1 fully saturated rings. The van der Waals surface area contributed by atoms with E-state index in [9.17, 15) is 27.1 Å². The van der Waals surface area contributed by atoms with E-state index in [-0.39, 0.29) is 23.9 Å². The number of anilines is 1. The monoisotopic (exact) mass is 425 g/mol. The Morgan fingerprint density at radius 1 is 1.00 bits per heavy atom. The number of rotatable bonds is 3. The zero-order chi connectivity index (χ0) is 21.5. The van der Waals surface area contributed by atoms with Crippen molar-refractivity contribution in [2.75, 3.05) is 18.0 Å². The minimum atomic E-state index is -4.82. The van der Waals surface area contributed by atoms with Gasteiger partial charge in [0.05, 0.1) is 22.8 Å². The van der Waals surface area contributed by atoms with Crippen molar-refractivity contribution in [2.24, 2.45) is 0 Å². The molecule has 1 aliphatic rings. The Bertz CT molecular complexity index is 1080. The summed E-state index contributed by atoms with van der Waals surface area (Å²) >= 11 is 0. The lowest BCUT2D eigenvalue weighted by Gasteiger charge is -2.39. The summed E-state index contributed by atoms with van der Waals surface area (Å²) in [5.41, 5.74) is -0.594. The highest BCUT2D eigenvalue weighted by Crippen LogP contribution is 2.36. The van der Waals surface area contributed by atoms with E-state index in [4.69, 9.17) is 0 Å². The number of fused-ring (bicyclic) bond motifs is 1. The number of aliphatic hydroxyl groups is 1. The van der Waals surface area contributed by atoms with Gasteiger partial charge in [0.15, 0.2) is 11.6 Å². The first kappa shape index (κ1) is 20.3. The normalized spacial score (nSPS) is 16.7. The minimum absolute atomic E-state index is 0.198. The maximum atomic E-state index is 13.5. The fourth-order valence-corrected chi connectivity index (χ4v) is 3.53. The maximum Gasteiger partial charge on any atom is 0.573 e. The second kappa shape index (κ2) is 7.35. The van der Waals surface area contributed by atoms with E-state index in [0.29, 0.717) is 24.5 Å². The van der Waals surface area contributed by atoms with Gasteiger partial charge in [-0.25, -0.2) is 13.8 Å². The zero-order valence-corrected chi connectivity index (χ0v) is 15.5. The van der Waals surface area contributed by atoms with Crippen molar-refractivity contribution in [1.29, 1.82) is 0 Å². The molecule has 0 unspecified atom stereocenters. The summed E-state index contributed by atoms with van der Waals surface area (Å²) in [5.74, 6) is -2.00. The minimum Gasteiger partial charge on any atom is -0.406 e. The highest BCUT2D eigenvalue weighted by Gasteiger charge is 2.36. The van der Waals surface area contributed by atoms with Crippen LogP contribution in [0.25, 0.3) is 11.0 Å². The van der Waals surface area contributed by atoms with Crippen molar-refractivity contribution in [3.8, 4) is 5.75 Å². The summed E-state index contributed by atoms with van der Waals surface area (Å²) in [6.07, 6.45) is -2.94. The summed E-state index contributed by atoms with van der Waals surface area (Å²) in [6, 6.07) is 7.22. The fraction of sp³-hybridized carbons (Fsp3) is 0.300. The van der Waals surface area contributed by atoms with Crippen molar-refractivity contribution >= 4 is 16.9 Å². The van der Waals surface area contributed by atoms with Gasteiger partial charge in [0.2, 0.25) is 0 Å². The fourth-order valence-electron chi connectivity index (χ4n) is 3.53. The van der Waals surface area contributed by atoms with Crippen molar-refractivity contribution in [1.82, 2.24) is 9.97 Å². The van der Waals surface area contributed by atoms with Crippen molar-refractivity contribution in [3.05, 3.63) is 59.8 Å². The van der Waals surface area contributed by atoms with Gasteiger partial charge in [0, 0.05) is 25.2 Å². The maximum absolute atomic E-state index is 13.5. The molecule has 0 saturated carbocycles. The van der Waals surface area contributed by atoms with E-state index >= 15 is 0 Å². The van der Waals surface area contributed by atoms with E-state index < -0.39 is 29.3 Å². The van der Waals surface area contributed by atoms with E-state index in [0.717, 1.165) is 12.1 Å².